The second-order valence-corrected chi connectivity index (χ2v) is 5.79. The SMILES string of the molecule is CCOC(=O)[C@@H](Cc1ccc(OCC)cc1)NC(=O)OCc1ccccc1. The van der Waals surface area contributed by atoms with Gasteiger partial charge in [-0.25, -0.2) is 9.59 Å². The van der Waals surface area contributed by atoms with Crippen molar-refractivity contribution in [3.05, 3.63) is 65.7 Å². The molecule has 144 valence electrons. The van der Waals surface area contributed by atoms with Crippen LogP contribution in [0.25, 0.3) is 0 Å². The second-order valence-electron chi connectivity index (χ2n) is 5.79. The zero-order valence-electron chi connectivity index (χ0n) is 15.6. The number of carbonyl (C=O) groups excluding carboxylic acids is 2. The number of rotatable bonds is 9. The van der Waals surface area contributed by atoms with Gasteiger partial charge in [0.2, 0.25) is 0 Å². The minimum absolute atomic E-state index is 0.130. The van der Waals surface area contributed by atoms with Crippen molar-refractivity contribution in [2.24, 2.45) is 0 Å². The van der Waals surface area contributed by atoms with E-state index in [1.165, 1.54) is 0 Å². The lowest BCUT2D eigenvalue weighted by molar-refractivity contribution is -0.145. The van der Waals surface area contributed by atoms with Crippen molar-refractivity contribution in [2.45, 2.75) is 32.9 Å². The van der Waals surface area contributed by atoms with Gasteiger partial charge in [-0.2, -0.15) is 0 Å². The molecule has 0 fully saturated rings. The molecule has 2 aromatic rings. The van der Waals surface area contributed by atoms with Gasteiger partial charge in [0, 0.05) is 6.42 Å². The van der Waals surface area contributed by atoms with Crippen LogP contribution in [-0.4, -0.2) is 31.3 Å². The predicted molar refractivity (Wildman–Crippen MR) is 101 cm³/mol. The Kier molecular flexibility index (Phi) is 8.16. The van der Waals surface area contributed by atoms with Gasteiger partial charge in [0.1, 0.15) is 18.4 Å². The standard InChI is InChI=1S/C21H25NO5/c1-3-25-18-12-10-16(11-13-18)14-19(20(23)26-4-2)22-21(24)27-15-17-8-6-5-7-9-17/h5-13,19H,3-4,14-15H2,1-2H3,(H,22,24)/t19-/m1/s1. The van der Waals surface area contributed by atoms with E-state index in [0.717, 1.165) is 16.9 Å². The first-order valence-electron chi connectivity index (χ1n) is 8.98. The normalized spacial score (nSPS) is 11.3. The summed E-state index contributed by atoms with van der Waals surface area (Å²) in [5.74, 6) is 0.257. The summed E-state index contributed by atoms with van der Waals surface area (Å²) in [5, 5.41) is 2.59. The highest BCUT2D eigenvalue weighted by Crippen LogP contribution is 2.14. The number of esters is 1. The van der Waals surface area contributed by atoms with Crippen molar-refractivity contribution in [1.29, 1.82) is 0 Å². The summed E-state index contributed by atoms with van der Waals surface area (Å²) in [5.41, 5.74) is 1.74. The van der Waals surface area contributed by atoms with E-state index in [2.05, 4.69) is 5.32 Å². The highest BCUT2D eigenvalue weighted by molar-refractivity contribution is 5.81. The van der Waals surface area contributed by atoms with E-state index in [9.17, 15) is 9.59 Å². The third-order valence-electron chi connectivity index (χ3n) is 3.75. The summed E-state index contributed by atoms with van der Waals surface area (Å²) >= 11 is 0. The molecular weight excluding hydrogens is 346 g/mol. The summed E-state index contributed by atoms with van der Waals surface area (Å²) in [6.45, 7) is 4.58. The van der Waals surface area contributed by atoms with Crippen molar-refractivity contribution in [3.63, 3.8) is 0 Å². The molecule has 6 heteroatoms. The summed E-state index contributed by atoms with van der Waals surface area (Å²) in [6, 6.07) is 15.9. The molecule has 1 N–H and O–H groups in total. The summed E-state index contributed by atoms with van der Waals surface area (Å²) in [7, 11) is 0. The molecule has 0 saturated carbocycles. The molecule has 27 heavy (non-hydrogen) atoms. The van der Waals surface area contributed by atoms with Crippen molar-refractivity contribution in [3.8, 4) is 5.75 Å². The van der Waals surface area contributed by atoms with Gasteiger partial charge in [0.05, 0.1) is 13.2 Å². The molecule has 0 aliphatic carbocycles. The number of benzene rings is 2. The van der Waals surface area contributed by atoms with E-state index in [4.69, 9.17) is 14.2 Å². The third-order valence-corrected chi connectivity index (χ3v) is 3.75. The van der Waals surface area contributed by atoms with Crippen LogP contribution >= 0.6 is 0 Å². The van der Waals surface area contributed by atoms with Gasteiger partial charge in [-0.1, -0.05) is 42.5 Å². The Morgan fingerprint density at radius 2 is 1.59 bits per heavy atom. The summed E-state index contributed by atoms with van der Waals surface area (Å²) in [6.07, 6.45) is -0.367. The van der Waals surface area contributed by atoms with Gasteiger partial charge in [0.25, 0.3) is 0 Å². The molecule has 1 amide bonds. The Bertz CT molecular complexity index is 715. The van der Waals surface area contributed by atoms with Crippen molar-refractivity contribution >= 4 is 12.1 Å². The van der Waals surface area contributed by atoms with Gasteiger partial charge in [0.15, 0.2) is 0 Å². The first-order valence-corrected chi connectivity index (χ1v) is 8.98. The largest absolute Gasteiger partial charge is 0.494 e. The Morgan fingerprint density at radius 3 is 2.22 bits per heavy atom. The minimum Gasteiger partial charge on any atom is -0.494 e. The summed E-state index contributed by atoms with van der Waals surface area (Å²) in [4.78, 5) is 24.3. The number of hydrogen-bond donors (Lipinski definition) is 1. The Hall–Kier alpha value is -3.02. The number of amides is 1. The first kappa shape index (κ1) is 20.3. The number of hydrogen-bond acceptors (Lipinski definition) is 5. The van der Waals surface area contributed by atoms with Crippen LogP contribution in [-0.2, 0) is 27.3 Å². The maximum Gasteiger partial charge on any atom is 0.408 e. The fourth-order valence-electron chi connectivity index (χ4n) is 2.47. The topological polar surface area (TPSA) is 73.9 Å². The molecule has 0 unspecified atom stereocenters. The lowest BCUT2D eigenvalue weighted by atomic mass is 10.1. The molecule has 6 nitrogen and oxygen atoms in total. The summed E-state index contributed by atoms with van der Waals surface area (Å²) < 4.78 is 15.7. The second kappa shape index (κ2) is 10.9. The van der Waals surface area contributed by atoms with Crippen LogP contribution < -0.4 is 10.1 Å². The van der Waals surface area contributed by atoms with E-state index in [1.54, 1.807) is 6.92 Å². The molecule has 0 spiro atoms. The predicted octanol–water partition coefficient (Wildman–Crippen LogP) is 3.49. The van der Waals surface area contributed by atoms with Gasteiger partial charge in [-0.15, -0.1) is 0 Å². The Balaban J connectivity index is 1.96. The van der Waals surface area contributed by atoms with Crippen molar-refractivity contribution < 1.29 is 23.8 Å². The van der Waals surface area contributed by atoms with Gasteiger partial charge < -0.3 is 19.5 Å². The molecule has 0 saturated heterocycles. The van der Waals surface area contributed by atoms with Crippen LogP contribution in [0.15, 0.2) is 54.6 Å². The Morgan fingerprint density at radius 1 is 0.889 bits per heavy atom. The third kappa shape index (κ3) is 7.01. The van der Waals surface area contributed by atoms with Crippen LogP contribution in [0, 0.1) is 0 Å². The lowest BCUT2D eigenvalue weighted by Gasteiger charge is -2.17. The van der Waals surface area contributed by atoms with Crippen LogP contribution in [0.4, 0.5) is 4.79 Å². The van der Waals surface area contributed by atoms with E-state index in [-0.39, 0.29) is 13.2 Å². The van der Waals surface area contributed by atoms with Gasteiger partial charge in [-0.3, -0.25) is 0 Å². The molecule has 0 aromatic heterocycles. The lowest BCUT2D eigenvalue weighted by Crippen LogP contribution is -2.43. The van der Waals surface area contributed by atoms with Crippen molar-refractivity contribution in [2.75, 3.05) is 13.2 Å². The van der Waals surface area contributed by atoms with Gasteiger partial charge >= 0.3 is 12.1 Å². The van der Waals surface area contributed by atoms with Crippen LogP contribution in [0.5, 0.6) is 5.75 Å². The monoisotopic (exact) mass is 371 g/mol. The van der Waals surface area contributed by atoms with E-state index in [0.29, 0.717) is 13.0 Å². The van der Waals surface area contributed by atoms with Crippen LogP contribution in [0.1, 0.15) is 25.0 Å². The van der Waals surface area contributed by atoms with E-state index >= 15 is 0 Å². The molecule has 2 aromatic carbocycles. The minimum atomic E-state index is -0.828. The number of carbonyl (C=O) groups is 2. The molecule has 0 aliphatic heterocycles. The molecule has 0 aliphatic rings. The average molecular weight is 371 g/mol. The molecular formula is C21H25NO5. The van der Waals surface area contributed by atoms with E-state index < -0.39 is 18.1 Å². The zero-order valence-corrected chi connectivity index (χ0v) is 15.6. The fraction of sp³-hybridized carbons (Fsp3) is 0.333. The first-order chi connectivity index (χ1) is 13.1. The smallest absolute Gasteiger partial charge is 0.408 e. The fourth-order valence-corrected chi connectivity index (χ4v) is 2.47. The maximum absolute atomic E-state index is 12.2. The van der Waals surface area contributed by atoms with Crippen LogP contribution in [0.3, 0.4) is 0 Å². The number of ether oxygens (including phenoxy) is 3. The van der Waals surface area contributed by atoms with Crippen molar-refractivity contribution in [1.82, 2.24) is 5.32 Å². The molecule has 0 heterocycles. The van der Waals surface area contributed by atoms with Crippen LogP contribution in [0.2, 0.25) is 0 Å². The average Bonchev–Trinajstić information content (AvgIpc) is 2.68. The maximum atomic E-state index is 12.2. The zero-order chi connectivity index (χ0) is 19.5. The van der Waals surface area contributed by atoms with Gasteiger partial charge in [-0.05, 0) is 37.1 Å². The number of alkyl carbamates (subject to hydrolysis) is 1. The molecule has 0 bridgehead atoms. The highest BCUT2D eigenvalue weighted by atomic mass is 16.6. The Labute approximate surface area is 159 Å². The quantitative estimate of drug-likeness (QED) is 0.683. The van der Waals surface area contributed by atoms with E-state index in [1.807, 2.05) is 61.5 Å². The molecule has 2 rings (SSSR count). The molecule has 1 atom stereocenters. The number of nitrogens with one attached hydrogen (secondary N) is 1. The highest BCUT2D eigenvalue weighted by Gasteiger charge is 2.23. The molecule has 0 radical (unpaired) electrons.